The minimum atomic E-state index is -0.986. The first-order valence-electron chi connectivity index (χ1n) is 4.58. The Morgan fingerprint density at radius 1 is 1.38 bits per heavy atom. The largest absolute Gasteiger partial charge is 0.300 e. The van der Waals surface area contributed by atoms with Crippen molar-refractivity contribution in [2.24, 2.45) is 7.05 Å². The lowest BCUT2D eigenvalue weighted by atomic mass is 10.1. The molecule has 0 spiro atoms. The first-order valence-corrected chi connectivity index (χ1v) is 4.58. The number of aryl methyl sites for hydroxylation is 2. The molecule has 4 nitrogen and oxygen atoms in total. The molecule has 0 aliphatic carbocycles. The molecule has 16 heavy (non-hydrogen) atoms. The topological polar surface area (TPSA) is 50.7 Å². The normalized spacial score (nSPS) is 10.8. The third-order valence-electron chi connectivity index (χ3n) is 2.33. The summed E-state index contributed by atoms with van der Waals surface area (Å²) in [6.07, 6.45) is 1.01. The number of halogens is 2. The van der Waals surface area contributed by atoms with Crippen LogP contribution >= 0.6 is 0 Å². The van der Waals surface area contributed by atoms with Gasteiger partial charge in [-0.1, -0.05) is 0 Å². The van der Waals surface area contributed by atoms with Crippen molar-refractivity contribution in [1.29, 1.82) is 0 Å². The van der Waals surface area contributed by atoms with Crippen LogP contribution in [0.15, 0.2) is 17.1 Å². The van der Waals surface area contributed by atoms with Crippen molar-refractivity contribution in [1.82, 2.24) is 14.8 Å². The van der Waals surface area contributed by atoms with Crippen molar-refractivity contribution in [3.8, 4) is 11.1 Å². The summed E-state index contributed by atoms with van der Waals surface area (Å²) >= 11 is 0. The molecule has 84 valence electrons. The number of nitrogens with zero attached hydrogens (tertiary/aromatic N) is 2. The smallest absolute Gasteiger partial charge is 0.274 e. The van der Waals surface area contributed by atoms with Crippen LogP contribution in [0.25, 0.3) is 11.1 Å². The number of rotatable bonds is 1. The van der Waals surface area contributed by atoms with Gasteiger partial charge in [0.15, 0.2) is 0 Å². The fraction of sp³-hybridized carbons (Fsp3) is 0.200. The molecule has 0 fully saturated rings. The number of aromatic nitrogens is 3. The Hall–Kier alpha value is -1.98. The van der Waals surface area contributed by atoms with Gasteiger partial charge in [-0.15, -0.1) is 0 Å². The molecular weight excluding hydrogens is 216 g/mol. The van der Waals surface area contributed by atoms with Crippen molar-refractivity contribution in [3.63, 3.8) is 0 Å². The van der Waals surface area contributed by atoms with E-state index >= 15 is 0 Å². The summed E-state index contributed by atoms with van der Waals surface area (Å²) < 4.78 is 28.0. The second kappa shape index (κ2) is 3.55. The molecule has 0 atom stereocenters. The van der Waals surface area contributed by atoms with Gasteiger partial charge in [-0.3, -0.25) is 14.6 Å². The Balaban J connectivity index is 2.82. The average molecular weight is 225 g/mol. The molecule has 0 amide bonds. The number of pyridine rings is 1. The van der Waals surface area contributed by atoms with Crippen LogP contribution < -0.4 is 5.56 Å². The van der Waals surface area contributed by atoms with E-state index in [-0.39, 0.29) is 11.1 Å². The molecule has 0 bridgehead atoms. The zero-order valence-electron chi connectivity index (χ0n) is 8.71. The Morgan fingerprint density at radius 2 is 2.06 bits per heavy atom. The second-order valence-electron chi connectivity index (χ2n) is 3.43. The van der Waals surface area contributed by atoms with Crippen LogP contribution in [-0.2, 0) is 7.05 Å². The van der Waals surface area contributed by atoms with Crippen LogP contribution in [0.1, 0.15) is 5.69 Å². The van der Waals surface area contributed by atoms with E-state index < -0.39 is 17.3 Å². The van der Waals surface area contributed by atoms with Crippen LogP contribution in [0.3, 0.4) is 0 Å². The minimum absolute atomic E-state index is 0.0226. The van der Waals surface area contributed by atoms with Crippen molar-refractivity contribution in [3.05, 3.63) is 40.1 Å². The van der Waals surface area contributed by atoms with Gasteiger partial charge in [-0.2, -0.15) is 4.39 Å². The van der Waals surface area contributed by atoms with Crippen LogP contribution in [0.4, 0.5) is 8.78 Å². The van der Waals surface area contributed by atoms with Crippen molar-refractivity contribution < 1.29 is 8.78 Å². The van der Waals surface area contributed by atoms with Crippen LogP contribution in [0.2, 0.25) is 0 Å². The third-order valence-corrected chi connectivity index (χ3v) is 2.33. The SMILES string of the molecule is Cc1[nH]n(C)c(=O)c1-c1c(F)ccnc1F. The van der Waals surface area contributed by atoms with Gasteiger partial charge >= 0.3 is 0 Å². The summed E-state index contributed by atoms with van der Waals surface area (Å²) in [4.78, 5) is 15.0. The van der Waals surface area contributed by atoms with E-state index in [0.29, 0.717) is 5.69 Å². The van der Waals surface area contributed by atoms with E-state index in [1.165, 1.54) is 7.05 Å². The summed E-state index contributed by atoms with van der Waals surface area (Å²) in [6, 6.07) is 1.02. The highest BCUT2D eigenvalue weighted by Gasteiger charge is 2.19. The molecule has 0 aliphatic rings. The maximum Gasteiger partial charge on any atom is 0.274 e. The molecule has 0 aromatic carbocycles. The monoisotopic (exact) mass is 225 g/mol. The van der Waals surface area contributed by atoms with Gasteiger partial charge < -0.3 is 0 Å². The predicted octanol–water partition coefficient (Wildman–Crippen LogP) is 1.36. The highest BCUT2D eigenvalue weighted by atomic mass is 19.1. The average Bonchev–Trinajstić information content (AvgIpc) is 2.44. The first kappa shape index (κ1) is 10.5. The van der Waals surface area contributed by atoms with E-state index in [2.05, 4.69) is 10.1 Å². The van der Waals surface area contributed by atoms with Crippen molar-refractivity contribution in [2.75, 3.05) is 0 Å². The van der Waals surface area contributed by atoms with Crippen LogP contribution in [-0.4, -0.2) is 14.8 Å². The van der Waals surface area contributed by atoms with Gasteiger partial charge in [-0.25, -0.2) is 9.37 Å². The molecule has 2 rings (SSSR count). The van der Waals surface area contributed by atoms with E-state index in [0.717, 1.165) is 16.9 Å². The molecule has 6 heteroatoms. The number of hydrogen-bond donors (Lipinski definition) is 1. The van der Waals surface area contributed by atoms with Gasteiger partial charge in [0.2, 0.25) is 5.95 Å². The second-order valence-corrected chi connectivity index (χ2v) is 3.43. The van der Waals surface area contributed by atoms with Crippen LogP contribution in [0, 0.1) is 18.7 Å². The summed E-state index contributed by atoms with van der Waals surface area (Å²) in [6.45, 7) is 1.57. The molecule has 0 saturated heterocycles. The van der Waals surface area contributed by atoms with Crippen LogP contribution in [0.5, 0.6) is 0 Å². The van der Waals surface area contributed by atoms with Gasteiger partial charge in [-0.05, 0) is 13.0 Å². The summed E-state index contributed by atoms with van der Waals surface area (Å²) in [5.41, 5.74) is -0.492. The van der Waals surface area contributed by atoms with E-state index in [9.17, 15) is 13.6 Å². The molecule has 0 saturated carbocycles. The number of nitrogens with one attached hydrogen (secondary N) is 1. The fourth-order valence-electron chi connectivity index (χ4n) is 1.62. The predicted molar refractivity (Wildman–Crippen MR) is 53.9 cm³/mol. The van der Waals surface area contributed by atoms with Gasteiger partial charge in [0.25, 0.3) is 5.56 Å². The van der Waals surface area contributed by atoms with E-state index in [1.54, 1.807) is 6.92 Å². The molecule has 2 aromatic rings. The molecule has 2 aromatic heterocycles. The molecule has 0 unspecified atom stereocenters. The van der Waals surface area contributed by atoms with Gasteiger partial charge in [0.05, 0.1) is 11.1 Å². The number of aromatic amines is 1. The Bertz CT molecular complexity index is 580. The van der Waals surface area contributed by atoms with Gasteiger partial charge in [0, 0.05) is 18.9 Å². The Labute approximate surface area is 89.5 Å². The van der Waals surface area contributed by atoms with Crippen molar-refractivity contribution in [2.45, 2.75) is 6.92 Å². The van der Waals surface area contributed by atoms with E-state index in [4.69, 9.17) is 0 Å². The fourth-order valence-corrected chi connectivity index (χ4v) is 1.62. The number of hydrogen-bond acceptors (Lipinski definition) is 2. The lowest BCUT2D eigenvalue weighted by molar-refractivity contribution is 0.558. The molecule has 0 aliphatic heterocycles. The highest BCUT2D eigenvalue weighted by molar-refractivity contribution is 5.65. The lowest BCUT2D eigenvalue weighted by Gasteiger charge is -2.00. The molecule has 2 heterocycles. The molecule has 0 radical (unpaired) electrons. The van der Waals surface area contributed by atoms with Crippen molar-refractivity contribution >= 4 is 0 Å². The minimum Gasteiger partial charge on any atom is -0.300 e. The lowest BCUT2D eigenvalue weighted by Crippen LogP contribution is -2.14. The summed E-state index contributed by atoms with van der Waals surface area (Å²) in [5.74, 6) is -1.79. The summed E-state index contributed by atoms with van der Waals surface area (Å²) in [7, 11) is 1.48. The standard InChI is InChI=1S/C10H9F2N3O/c1-5-7(10(16)15(2)14-5)8-6(11)3-4-13-9(8)12/h3-4,14H,1-2H3. The maximum absolute atomic E-state index is 13.5. The third kappa shape index (κ3) is 1.42. The maximum atomic E-state index is 13.5. The first-order chi connectivity index (χ1) is 7.52. The quantitative estimate of drug-likeness (QED) is 0.745. The number of H-pyrrole nitrogens is 1. The molecular formula is C10H9F2N3O. The highest BCUT2D eigenvalue weighted by Crippen LogP contribution is 2.23. The zero-order valence-corrected chi connectivity index (χ0v) is 8.71. The zero-order chi connectivity index (χ0) is 11.9. The Morgan fingerprint density at radius 3 is 2.56 bits per heavy atom. The van der Waals surface area contributed by atoms with E-state index in [1.807, 2.05) is 0 Å². The molecule has 1 N–H and O–H groups in total. The Kier molecular flexibility index (Phi) is 2.34. The van der Waals surface area contributed by atoms with Gasteiger partial charge in [0.1, 0.15) is 5.82 Å². The summed E-state index contributed by atoms with van der Waals surface area (Å²) in [5, 5.41) is 2.67.